The van der Waals surface area contributed by atoms with Crippen LogP contribution in [0.2, 0.25) is 0 Å². The van der Waals surface area contributed by atoms with Gasteiger partial charge >= 0.3 is 0 Å². The first kappa shape index (κ1) is 15.7. The fraction of sp³-hybridized carbons (Fsp3) is 0.471. The summed E-state index contributed by atoms with van der Waals surface area (Å²) >= 11 is 0. The largest absolute Gasteiger partial charge is 0.494 e. The fourth-order valence-corrected chi connectivity index (χ4v) is 2.47. The highest BCUT2D eigenvalue weighted by Gasteiger charge is 2.12. The van der Waals surface area contributed by atoms with Crippen molar-refractivity contribution < 1.29 is 9.84 Å². The SMILES string of the molecule is COc1cccc2ccc(CNC(CCO)C(C)C)nc12. The third-order valence-corrected chi connectivity index (χ3v) is 3.75. The van der Waals surface area contributed by atoms with Crippen LogP contribution in [0.1, 0.15) is 26.0 Å². The number of rotatable bonds is 7. The Morgan fingerprint density at radius 3 is 2.71 bits per heavy atom. The van der Waals surface area contributed by atoms with Crippen LogP contribution in [-0.4, -0.2) is 29.8 Å². The van der Waals surface area contributed by atoms with Gasteiger partial charge in [-0.2, -0.15) is 0 Å². The molecule has 0 bridgehead atoms. The number of aromatic nitrogens is 1. The van der Waals surface area contributed by atoms with Gasteiger partial charge in [-0.25, -0.2) is 4.98 Å². The third kappa shape index (κ3) is 3.93. The Bertz CT molecular complexity index is 584. The predicted octanol–water partition coefficient (Wildman–Crippen LogP) is 2.74. The molecule has 2 rings (SSSR count). The molecule has 1 unspecified atom stereocenters. The molecule has 0 saturated carbocycles. The van der Waals surface area contributed by atoms with E-state index in [0.717, 1.165) is 28.8 Å². The molecule has 0 aliphatic heterocycles. The molecule has 4 nitrogen and oxygen atoms in total. The third-order valence-electron chi connectivity index (χ3n) is 3.75. The molecule has 0 aliphatic carbocycles. The lowest BCUT2D eigenvalue weighted by Crippen LogP contribution is -2.34. The van der Waals surface area contributed by atoms with Crippen LogP contribution >= 0.6 is 0 Å². The Morgan fingerprint density at radius 1 is 1.24 bits per heavy atom. The average Bonchev–Trinajstić information content (AvgIpc) is 2.50. The highest BCUT2D eigenvalue weighted by atomic mass is 16.5. The van der Waals surface area contributed by atoms with E-state index in [1.165, 1.54) is 0 Å². The second-order valence-electron chi connectivity index (χ2n) is 5.58. The Kier molecular flexibility index (Phi) is 5.53. The summed E-state index contributed by atoms with van der Waals surface area (Å²) in [5.74, 6) is 1.28. The van der Waals surface area contributed by atoms with Gasteiger partial charge in [0.2, 0.25) is 0 Å². The molecule has 2 aromatic rings. The molecule has 0 fully saturated rings. The van der Waals surface area contributed by atoms with E-state index in [1.54, 1.807) is 7.11 Å². The Morgan fingerprint density at radius 2 is 2.05 bits per heavy atom. The fourth-order valence-electron chi connectivity index (χ4n) is 2.47. The zero-order chi connectivity index (χ0) is 15.2. The van der Waals surface area contributed by atoms with E-state index in [-0.39, 0.29) is 6.61 Å². The van der Waals surface area contributed by atoms with E-state index >= 15 is 0 Å². The van der Waals surface area contributed by atoms with Gasteiger partial charge in [-0.1, -0.05) is 32.0 Å². The molecule has 0 radical (unpaired) electrons. The topological polar surface area (TPSA) is 54.4 Å². The molecule has 1 aromatic carbocycles. The molecule has 114 valence electrons. The van der Waals surface area contributed by atoms with Gasteiger partial charge in [-0.05, 0) is 24.5 Å². The minimum absolute atomic E-state index is 0.203. The number of ether oxygens (including phenoxy) is 1. The summed E-state index contributed by atoms with van der Waals surface area (Å²) in [6.45, 7) is 5.21. The van der Waals surface area contributed by atoms with Crippen LogP contribution in [0, 0.1) is 5.92 Å². The first-order chi connectivity index (χ1) is 10.2. The number of pyridine rings is 1. The summed E-state index contributed by atoms with van der Waals surface area (Å²) in [5.41, 5.74) is 1.87. The van der Waals surface area contributed by atoms with Crippen molar-refractivity contribution in [3.63, 3.8) is 0 Å². The minimum atomic E-state index is 0.203. The number of methoxy groups -OCH3 is 1. The lowest BCUT2D eigenvalue weighted by atomic mass is 10.0. The summed E-state index contributed by atoms with van der Waals surface area (Å²) in [6, 6.07) is 10.3. The van der Waals surface area contributed by atoms with Crippen LogP contribution in [0.25, 0.3) is 10.9 Å². The van der Waals surface area contributed by atoms with Gasteiger partial charge in [0.1, 0.15) is 11.3 Å². The maximum Gasteiger partial charge on any atom is 0.145 e. The normalized spacial score (nSPS) is 12.8. The molecule has 1 heterocycles. The van der Waals surface area contributed by atoms with E-state index in [4.69, 9.17) is 9.84 Å². The zero-order valence-corrected chi connectivity index (χ0v) is 13.0. The molecule has 2 N–H and O–H groups in total. The lowest BCUT2D eigenvalue weighted by Gasteiger charge is -2.21. The number of fused-ring (bicyclic) bond motifs is 1. The number of hydrogen-bond acceptors (Lipinski definition) is 4. The Hall–Kier alpha value is -1.65. The van der Waals surface area contributed by atoms with Crippen molar-refractivity contribution in [1.82, 2.24) is 10.3 Å². The van der Waals surface area contributed by atoms with Gasteiger partial charge < -0.3 is 15.2 Å². The first-order valence-corrected chi connectivity index (χ1v) is 7.42. The average molecular weight is 288 g/mol. The predicted molar refractivity (Wildman–Crippen MR) is 85.5 cm³/mol. The molecule has 1 aromatic heterocycles. The van der Waals surface area contributed by atoms with E-state index in [2.05, 4.69) is 30.2 Å². The summed E-state index contributed by atoms with van der Waals surface area (Å²) in [7, 11) is 1.66. The summed E-state index contributed by atoms with van der Waals surface area (Å²) in [5, 5.41) is 13.7. The lowest BCUT2D eigenvalue weighted by molar-refractivity contribution is 0.243. The van der Waals surface area contributed by atoms with E-state index in [0.29, 0.717) is 18.5 Å². The van der Waals surface area contributed by atoms with Crippen molar-refractivity contribution in [2.45, 2.75) is 32.9 Å². The smallest absolute Gasteiger partial charge is 0.145 e. The maximum atomic E-state index is 9.12. The Balaban J connectivity index is 2.15. The van der Waals surface area contributed by atoms with Gasteiger partial charge in [0, 0.05) is 24.6 Å². The van der Waals surface area contributed by atoms with Crippen LogP contribution in [0.4, 0.5) is 0 Å². The van der Waals surface area contributed by atoms with Crippen molar-refractivity contribution in [2.24, 2.45) is 5.92 Å². The summed E-state index contributed by atoms with van der Waals surface area (Å²) < 4.78 is 5.37. The van der Waals surface area contributed by atoms with Gasteiger partial charge in [0.05, 0.1) is 12.8 Å². The minimum Gasteiger partial charge on any atom is -0.494 e. The van der Waals surface area contributed by atoms with Gasteiger partial charge in [0.25, 0.3) is 0 Å². The van der Waals surface area contributed by atoms with Crippen molar-refractivity contribution in [1.29, 1.82) is 0 Å². The molecule has 0 aliphatic rings. The van der Waals surface area contributed by atoms with E-state index < -0.39 is 0 Å². The maximum absolute atomic E-state index is 9.12. The van der Waals surface area contributed by atoms with E-state index in [1.807, 2.05) is 24.3 Å². The molecule has 4 heteroatoms. The molecule has 21 heavy (non-hydrogen) atoms. The quantitative estimate of drug-likeness (QED) is 0.822. The van der Waals surface area contributed by atoms with Gasteiger partial charge in [0.15, 0.2) is 0 Å². The van der Waals surface area contributed by atoms with Gasteiger partial charge in [-0.3, -0.25) is 0 Å². The van der Waals surface area contributed by atoms with Crippen LogP contribution < -0.4 is 10.1 Å². The van der Waals surface area contributed by atoms with Crippen molar-refractivity contribution >= 4 is 10.9 Å². The van der Waals surface area contributed by atoms with E-state index in [9.17, 15) is 0 Å². The molecular formula is C17H24N2O2. The molecule has 1 atom stereocenters. The number of aliphatic hydroxyl groups excluding tert-OH is 1. The Labute approximate surface area is 126 Å². The monoisotopic (exact) mass is 288 g/mol. The van der Waals surface area contributed by atoms with Crippen molar-refractivity contribution in [2.75, 3.05) is 13.7 Å². The van der Waals surface area contributed by atoms with Gasteiger partial charge in [-0.15, -0.1) is 0 Å². The first-order valence-electron chi connectivity index (χ1n) is 7.42. The summed E-state index contributed by atoms with van der Waals surface area (Å²) in [6.07, 6.45) is 0.759. The zero-order valence-electron chi connectivity index (χ0n) is 13.0. The molecule has 0 amide bonds. The van der Waals surface area contributed by atoms with Crippen LogP contribution in [0.5, 0.6) is 5.75 Å². The molecular weight excluding hydrogens is 264 g/mol. The van der Waals surface area contributed by atoms with Crippen molar-refractivity contribution in [3.05, 3.63) is 36.0 Å². The van der Waals surface area contributed by atoms with Crippen LogP contribution in [0.15, 0.2) is 30.3 Å². The van der Waals surface area contributed by atoms with Crippen molar-refractivity contribution in [3.8, 4) is 5.75 Å². The van der Waals surface area contributed by atoms with Crippen LogP contribution in [-0.2, 0) is 6.54 Å². The molecule has 0 spiro atoms. The highest BCUT2D eigenvalue weighted by molar-refractivity contribution is 5.84. The second kappa shape index (κ2) is 7.38. The molecule has 0 saturated heterocycles. The number of hydrogen-bond donors (Lipinski definition) is 2. The van der Waals surface area contributed by atoms with Crippen LogP contribution in [0.3, 0.4) is 0 Å². The number of aliphatic hydroxyl groups is 1. The second-order valence-corrected chi connectivity index (χ2v) is 5.58. The standard InChI is InChI=1S/C17H24N2O2/c1-12(2)15(9-10-20)18-11-14-8-7-13-5-4-6-16(21-3)17(13)19-14/h4-8,12,15,18,20H,9-11H2,1-3H3. The number of para-hydroxylation sites is 1. The highest BCUT2D eigenvalue weighted by Crippen LogP contribution is 2.23. The summed E-state index contributed by atoms with van der Waals surface area (Å²) in [4.78, 5) is 4.69. The number of nitrogens with zero attached hydrogens (tertiary/aromatic N) is 1. The number of nitrogens with one attached hydrogen (secondary N) is 1. The number of benzene rings is 1.